The highest BCUT2D eigenvalue weighted by Crippen LogP contribution is 2.48. The fourth-order valence-electron chi connectivity index (χ4n) is 4.43. The largest absolute Gasteiger partial charge is 0.481 e. The molecule has 110 valence electrons. The maximum absolute atomic E-state index is 11.8. The molecule has 0 radical (unpaired) electrons. The topological polar surface area (TPSA) is 37.3 Å². The number of rotatable bonds is 1. The van der Waals surface area contributed by atoms with E-state index in [4.69, 9.17) is 0 Å². The Kier molecular flexibility index (Phi) is 5.72. The van der Waals surface area contributed by atoms with Gasteiger partial charge in [0.25, 0.3) is 0 Å². The summed E-state index contributed by atoms with van der Waals surface area (Å²) in [7, 11) is 0. The molecule has 1 N–H and O–H groups in total. The summed E-state index contributed by atoms with van der Waals surface area (Å²) < 4.78 is 0. The number of carboxylic acid groups (broad SMARTS) is 1. The van der Waals surface area contributed by atoms with E-state index in [0.717, 1.165) is 12.8 Å². The molecule has 0 amide bonds. The zero-order chi connectivity index (χ0) is 13.6. The molecule has 2 fully saturated rings. The molecule has 2 saturated carbocycles. The molecule has 0 aromatic heterocycles. The van der Waals surface area contributed by atoms with Crippen molar-refractivity contribution in [2.75, 3.05) is 0 Å². The molecule has 0 aromatic carbocycles. The molecule has 1 atom stereocenters. The summed E-state index contributed by atoms with van der Waals surface area (Å²) in [6.07, 6.45) is 17.2. The van der Waals surface area contributed by atoms with E-state index in [0.29, 0.717) is 0 Å². The lowest BCUT2D eigenvalue weighted by Gasteiger charge is -2.42. The third kappa shape index (κ3) is 3.97. The van der Waals surface area contributed by atoms with Crippen LogP contribution in [0.2, 0.25) is 0 Å². The second kappa shape index (κ2) is 7.31. The van der Waals surface area contributed by atoms with Gasteiger partial charge < -0.3 is 5.11 Å². The van der Waals surface area contributed by atoms with E-state index >= 15 is 0 Å². The van der Waals surface area contributed by atoms with Crippen molar-refractivity contribution >= 4 is 5.97 Å². The third-order valence-electron chi connectivity index (χ3n) is 5.55. The summed E-state index contributed by atoms with van der Waals surface area (Å²) >= 11 is 0. The van der Waals surface area contributed by atoms with E-state index in [1.807, 2.05) is 0 Å². The van der Waals surface area contributed by atoms with Crippen LogP contribution in [-0.2, 0) is 4.79 Å². The second-order valence-electron chi connectivity index (χ2n) is 6.83. The van der Waals surface area contributed by atoms with Gasteiger partial charge in [0, 0.05) is 0 Å². The SMILES string of the molecule is O=C(O)C1CCCCCCCCCC12CCCCC2. The number of hydrogen-bond acceptors (Lipinski definition) is 1. The van der Waals surface area contributed by atoms with E-state index in [-0.39, 0.29) is 11.3 Å². The normalized spacial score (nSPS) is 29.6. The van der Waals surface area contributed by atoms with Crippen molar-refractivity contribution in [2.24, 2.45) is 11.3 Å². The molecule has 0 bridgehead atoms. The minimum Gasteiger partial charge on any atom is -0.481 e. The van der Waals surface area contributed by atoms with Crippen molar-refractivity contribution in [2.45, 2.75) is 89.9 Å². The highest BCUT2D eigenvalue weighted by Gasteiger charge is 2.42. The summed E-state index contributed by atoms with van der Waals surface area (Å²) in [6.45, 7) is 0. The van der Waals surface area contributed by atoms with Crippen LogP contribution in [0, 0.1) is 11.3 Å². The lowest BCUT2D eigenvalue weighted by Crippen LogP contribution is -2.38. The number of hydrogen-bond donors (Lipinski definition) is 1. The van der Waals surface area contributed by atoms with Crippen LogP contribution in [0.1, 0.15) is 89.9 Å². The Balaban J connectivity index is 2.11. The van der Waals surface area contributed by atoms with Gasteiger partial charge in [0.15, 0.2) is 0 Å². The van der Waals surface area contributed by atoms with Crippen molar-refractivity contribution in [3.05, 3.63) is 0 Å². The van der Waals surface area contributed by atoms with Gasteiger partial charge in [-0.15, -0.1) is 0 Å². The van der Waals surface area contributed by atoms with Gasteiger partial charge in [-0.3, -0.25) is 4.79 Å². The predicted molar refractivity (Wildman–Crippen MR) is 78.2 cm³/mol. The molecule has 1 spiro atoms. The summed E-state index contributed by atoms with van der Waals surface area (Å²) in [5, 5.41) is 9.71. The van der Waals surface area contributed by atoms with Crippen molar-refractivity contribution in [3.63, 3.8) is 0 Å². The Bertz CT molecular complexity index is 279. The fraction of sp³-hybridized carbons (Fsp3) is 0.941. The van der Waals surface area contributed by atoms with Crippen molar-refractivity contribution in [3.8, 4) is 0 Å². The average Bonchev–Trinajstić information content (AvgIpc) is 2.45. The van der Waals surface area contributed by atoms with Crippen LogP contribution in [0.4, 0.5) is 0 Å². The minimum atomic E-state index is -0.513. The lowest BCUT2D eigenvalue weighted by atomic mass is 9.62. The maximum Gasteiger partial charge on any atom is 0.307 e. The maximum atomic E-state index is 11.8. The Morgan fingerprint density at radius 2 is 1.16 bits per heavy atom. The Morgan fingerprint density at radius 3 is 1.68 bits per heavy atom. The molecular formula is C17H30O2. The fourth-order valence-corrected chi connectivity index (χ4v) is 4.43. The molecule has 2 heteroatoms. The number of aliphatic carboxylic acids is 1. The van der Waals surface area contributed by atoms with Crippen LogP contribution >= 0.6 is 0 Å². The first-order valence-electron chi connectivity index (χ1n) is 8.47. The molecule has 2 aliphatic rings. The molecule has 0 aromatic rings. The highest BCUT2D eigenvalue weighted by molar-refractivity contribution is 5.71. The van der Waals surface area contributed by atoms with Crippen LogP contribution in [0.25, 0.3) is 0 Å². The van der Waals surface area contributed by atoms with Crippen LogP contribution in [0.3, 0.4) is 0 Å². The van der Waals surface area contributed by atoms with Gasteiger partial charge in [-0.2, -0.15) is 0 Å². The van der Waals surface area contributed by atoms with E-state index < -0.39 is 5.97 Å². The van der Waals surface area contributed by atoms with Gasteiger partial charge in [0.2, 0.25) is 0 Å². The Hall–Kier alpha value is -0.530. The zero-order valence-electron chi connectivity index (χ0n) is 12.3. The molecule has 0 heterocycles. The number of carbonyl (C=O) groups is 1. The van der Waals surface area contributed by atoms with Gasteiger partial charge >= 0.3 is 5.97 Å². The third-order valence-corrected chi connectivity index (χ3v) is 5.55. The Labute approximate surface area is 118 Å². The molecule has 1 unspecified atom stereocenters. The molecule has 2 rings (SSSR count). The van der Waals surface area contributed by atoms with Crippen molar-refractivity contribution in [1.29, 1.82) is 0 Å². The average molecular weight is 266 g/mol. The molecular weight excluding hydrogens is 236 g/mol. The minimum absolute atomic E-state index is 0.0640. The van der Waals surface area contributed by atoms with Gasteiger partial charge in [-0.05, 0) is 31.1 Å². The molecule has 0 aliphatic heterocycles. The monoisotopic (exact) mass is 266 g/mol. The second-order valence-corrected chi connectivity index (χ2v) is 6.83. The molecule has 2 aliphatic carbocycles. The van der Waals surface area contributed by atoms with Crippen LogP contribution < -0.4 is 0 Å². The standard InChI is InChI=1S/C17H30O2/c18-16(19)15-11-7-4-2-1-3-5-8-12-17(15)13-9-6-10-14-17/h15H,1-14H2,(H,18,19). The van der Waals surface area contributed by atoms with E-state index in [9.17, 15) is 9.90 Å². The molecule has 2 nitrogen and oxygen atoms in total. The van der Waals surface area contributed by atoms with Crippen molar-refractivity contribution < 1.29 is 9.90 Å². The first kappa shape index (κ1) is 14.9. The lowest BCUT2D eigenvalue weighted by molar-refractivity contribution is -0.149. The van der Waals surface area contributed by atoms with Crippen molar-refractivity contribution in [1.82, 2.24) is 0 Å². The van der Waals surface area contributed by atoms with Crippen LogP contribution in [-0.4, -0.2) is 11.1 Å². The number of carboxylic acids is 1. The quantitative estimate of drug-likeness (QED) is 0.711. The zero-order valence-corrected chi connectivity index (χ0v) is 12.3. The van der Waals surface area contributed by atoms with Gasteiger partial charge in [-0.25, -0.2) is 0 Å². The van der Waals surface area contributed by atoms with Crippen LogP contribution in [0.15, 0.2) is 0 Å². The smallest absolute Gasteiger partial charge is 0.307 e. The summed E-state index contributed by atoms with van der Waals surface area (Å²) in [4.78, 5) is 11.8. The van der Waals surface area contributed by atoms with Gasteiger partial charge in [0.05, 0.1) is 5.92 Å². The van der Waals surface area contributed by atoms with Gasteiger partial charge in [-0.1, -0.05) is 64.2 Å². The first-order chi connectivity index (χ1) is 9.25. The summed E-state index contributed by atoms with van der Waals surface area (Å²) in [5.74, 6) is -0.577. The molecule has 0 saturated heterocycles. The van der Waals surface area contributed by atoms with E-state index in [2.05, 4.69) is 0 Å². The van der Waals surface area contributed by atoms with Gasteiger partial charge in [0.1, 0.15) is 0 Å². The summed E-state index contributed by atoms with van der Waals surface area (Å²) in [5.41, 5.74) is 0.147. The van der Waals surface area contributed by atoms with E-state index in [1.54, 1.807) is 0 Å². The first-order valence-corrected chi connectivity index (χ1v) is 8.47. The highest BCUT2D eigenvalue weighted by atomic mass is 16.4. The summed E-state index contributed by atoms with van der Waals surface area (Å²) in [6, 6.07) is 0. The molecule has 19 heavy (non-hydrogen) atoms. The predicted octanol–water partition coefficient (Wildman–Crippen LogP) is 5.16. The Morgan fingerprint density at radius 1 is 0.737 bits per heavy atom. The van der Waals surface area contributed by atoms with E-state index in [1.165, 1.54) is 77.0 Å². The van der Waals surface area contributed by atoms with Crippen LogP contribution in [0.5, 0.6) is 0 Å².